The van der Waals surface area contributed by atoms with Crippen LogP contribution in [-0.4, -0.2) is 15.3 Å². The van der Waals surface area contributed by atoms with Crippen LogP contribution in [0.5, 0.6) is 0 Å². The Balaban J connectivity index is 1.85. The van der Waals surface area contributed by atoms with Crippen LogP contribution in [0.25, 0.3) is 0 Å². The summed E-state index contributed by atoms with van der Waals surface area (Å²) in [5.41, 5.74) is 2.25. The van der Waals surface area contributed by atoms with Gasteiger partial charge < -0.3 is 9.87 Å². The van der Waals surface area contributed by atoms with E-state index >= 15 is 0 Å². The van der Waals surface area contributed by atoms with E-state index in [1.165, 1.54) is 5.56 Å². The van der Waals surface area contributed by atoms with E-state index in [1.807, 2.05) is 30.3 Å². The van der Waals surface area contributed by atoms with E-state index in [2.05, 4.69) is 17.4 Å². The van der Waals surface area contributed by atoms with E-state index in [1.54, 1.807) is 12.1 Å². The molecule has 0 aliphatic rings. The Morgan fingerprint density at radius 3 is 2.28 bits per heavy atom. The quantitative estimate of drug-likeness (QED) is 0.814. The van der Waals surface area contributed by atoms with Crippen molar-refractivity contribution >= 4 is 16.8 Å². The summed E-state index contributed by atoms with van der Waals surface area (Å²) < 4.78 is 19.7. The molecule has 94 valence electrons. The summed E-state index contributed by atoms with van der Waals surface area (Å²) in [5, 5.41) is 3.28. The lowest BCUT2D eigenvalue weighted by atomic mass is 10.1. The Morgan fingerprint density at radius 2 is 1.67 bits per heavy atom. The van der Waals surface area contributed by atoms with Crippen molar-refractivity contribution in [3.05, 3.63) is 60.2 Å². The summed E-state index contributed by atoms with van der Waals surface area (Å²) in [6.07, 6.45) is 0.953. The van der Waals surface area contributed by atoms with Crippen molar-refractivity contribution in [1.29, 1.82) is 0 Å². The highest BCUT2D eigenvalue weighted by atomic mass is 32.2. The molecule has 0 saturated carbocycles. The normalized spacial score (nSPS) is 12.1. The summed E-state index contributed by atoms with van der Waals surface area (Å²) in [7, 11) is 0. The van der Waals surface area contributed by atoms with E-state index in [9.17, 15) is 4.21 Å². The largest absolute Gasteiger partial charge is 0.385 e. The maximum Gasteiger partial charge on any atom is 0.186 e. The number of rotatable bonds is 5. The van der Waals surface area contributed by atoms with E-state index in [0.717, 1.165) is 18.7 Å². The highest BCUT2D eigenvalue weighted by Crippen LogP contribution is 2.11. The van der Waals surface area contributed by atoms with Gasteiger partial charge in [-0.05, 0) is 36.2 Å². The van der Waals surface area contributed by atoms with Crippen molar-refractivity contribution in [1.82, 2.24) is 0 Å². The average Bonchev–Trinajstić information content (AvgIpc) is 2.40. The molecule has 0 aliphatic carbocycles. The minimum absolute atomic E-state index is 0.420. The smallest absolute Gasteiger partial charge is 0.186 e. The van der Waals surface area contributed by atoms with Crippen LogP contribution in [0.3, 0.4) is 0 Å². The zero-order valence-corrected chi connectivity index (χ0v) is 10.7. The number of anilines is 1. The molecular weight excluding hydrogens is 246 g/mol. The molecule has 2 aromatic carbocycles. The van der Waals surface area contributed by atoms with Crippen LogP contribution in [0.2, 0.25) is 0 Å². The third kappa shape index (κ3) is 3.68. The Kier molecular flexibility index (Phi) is 4.50. The lowest BCUT2D eigenvalue weighted by molar-refractivity contribution is 0.564. The van der Waals surface area contributed by atoms with E-state index in [-0.39, 0.29) is 0 Å². The zero-order chi connectivity index (χ0) is 12.8. The van der Waals surface area contributed by atoms with Gasteiger partial charge in [0, 0.05) is 12.2 Å². The third-order valence-corrected chi connectivity index (χ3v) is 3.32. The minimum Gasteiger partial charge on any atom is -0.385 e. The average molecular weight is 261 g/mol. The maximum absolute atomic E-state index is 10.8. The molecule has 2 N–H and O–H groups in total. The van der Waals surface area contributed by atoms with Crippen molar-refractivity contribution < 1.29 is 8.76 Å². The fourth-order valence-electron chi connectivity index (χ4n) is 1.69. The van der Waals surface area contributed by atoms with Gasteiger partial charge in [-0.3, -0.25) is 0 Å². The first kappa shape index (κ1) is 12.8. The van der Waals surface area contributed by atoms with Gasteiger partial charge in [0.1, 0.15) is 0 Å². The molecule has 0 fully saturated rings. The number of nitrogens with one attached hydrogen (secondary N) is 1. The van der Waals surface area contributed by atoms with E-state index < -0.39 is 11.1 Å². The Hall–Kier alpha value is -1.65. The number of hydrogen-bond donors (Lipinski definition) is 2. The summed E-state index contributed by atoms with van der Waals surface area (Å²) in [6, 6.07) is 17.2. The Labute approximate surface area is 109 Å². The second-order valence-electron chi connectivity index (χ2n) is 3.94. The fourth-order valence-corrected chi connectivity index (χ4v) is 2.05. The molecule has 1 unspecified atom stereocenters. The first-order valence-electron chi connectivity index (χ1n) is 5.74. The fraction of sp³-hybridized carbons (Fsp3) is 0.143. The first-order valence-corrected chi connectivity index (χ1v) is 6.85. The van der Waals surface area contributed by atoms with Gasteiger partial charge in [0.2, 0.25) is 0 Å². The molecule has 4 heteroatoms. The predicted octanol–water partition coefficient (Wildman–Crippen LogP) is 2.92. The molecule has 0 saturated heterocycles. The number of benzene rings is 2. The van der Waals surface area contributed by atoms with E-state index in [0.29, 0.717) is 4.90 Å². The van der Waals surface area contributed by atoms with Crippen molar-refractivity contribution in [3.63, 3.8) is 0 Å². The van der Waals surface area contributed by atoms with Crippen LogP contribution in [0.1, 0.15) is 5.56 Å². The van der Waals surface area contributed by atoms with Crippen LogP contribution in [0.4, 0.5) is 5.69 Å². The van der Waals surface area contributed by atoms with Crippen LogP contribution in [-0.2, 0) is 17.5 Å². The SMILES string of the molecule is O=S(O)c1ccc(NCCc2ccccc2)cc1. The molecule has 18 heavy (non-hydrogen) atoms. The van der Waals surface area contributed by atoms with Crippen LogP contribution in [0, 0.1) is 0 Å². The molecule has 2 aromatic rings. The highest BCUT2D eigenvalue weighted by Gasteiger charge is 1.99. The summed E-state index contributed by atoms with van der Waals surface area (Å²) in [4.78, 5) is 0.420. The van der Waals surface area contributed by atoms with Crippen molar-refractivity contribution in [2.24, 2.45) is 0 Å². The third-order valence-electron chi connectivity index (χ3n) is 2.64. The molecule has 1 atom stereocenters. The van der Waals surface area contributed by atoms with Crippen LogP contribution < -0.4 is 5.32 Å². The van der Waals surface area contributed by atoms with Gasteiger partial charge in [-0.2, -0.15) is 0 Å². The zero-order valence-electron chi connectivity index (χ0n) is 9.87. The molecule has 0 aromatic heterocycles. The molecule has 0 aliphatic heterocycles. The molecule has 3 nitrogen and oxygen atoms in total. The molecule has 0 bridgehead atoms. The summed E-state index contributed by atoms with van der Waals surface area (Å²) in [6.45, 7) is 0.839. The molecule has 0 radical (unpaired) electrons. The standard InChI is InChI=1S/C14H15NO2S/c16-18(17)14-8-6-13(7-9-14)15-11-10-12-4-2-1-3-5-12/h1-9,15H,10-11H2,(H,16,17). The van der Waals surface area contributed by atoms with Gasteiger partial charge in [0.05, 0.1) is 4.90 Å². The highest BCUT2D eigenvalue weighted by molar-refractivity contribution is 7.79. The van der Waals surface area contributed by atoms with Gasteiger partial charge in [-0.1, -0.05) is 30.3 Å². The van der Waals surface area contributed by atoms with Gasteiger partial charge in [-0.15, -0.1) is 0 Å². The first-order chi connectivity index (χ1) is 8.75. The molecule has 0 amide bonds. The van der Waals surface area contributed by atoms with Crippen LogP contribution in [0.15, 0.2) is 59.5 Å². The topological polar surface area (TPSA) is 49.3 Å². The second-order valence-corrected chi connectivity index (χ2v) is 4.91. The van der Waals surface area contributed by atoms with Crippen molar-refractivity contribution in [3.8, 4) is 0 Å². The molecule has 0 heterocycles. The Bertz CT molecular complexity index is 511. The summed E-state index contributed by atoms with van der Waals surface area (Å²) in [5.74, 6) is 0. The van der Waals surface area contributed by atoms with E-state index in [4.69, 9.17) is 4.55 Å². The Morgan fingerprint density at radius 1 is 1.00 bits per heavy atom. The van der Waals surface area contributed by atoms with Crippen molar-refractivity contribution in [2.75, 3.05) is 11.9 Å². The molecule has 2 rings (SSSR count). The van der Waals surface area contributed by atoms with Gasteiger partial charge in [0.15, 0.2) is 11.1 Å². The van der Waals surface area contributed by atoms with Gasteiger partial charge in [0.25, 0.3) is 0 Å². The summed E-state index contributed by atoms with van der Waals surface area (Å²) >= 11 is -1.90. The second kappa shape index (κ2) is 6.33. The number of hydrogen-bond acceptors (Lipinski definition) is 2. The predicted molar refractivity (Wildman–Crippen MR) is 74.1 cm³/mol. The monoisotopic (exact) mass is 261 g/mol. The van der Waals surface area contributed by atoms with Crippen molar-refractivity contribution in [2.45, 2.75) is 11.3 Å². The minimum atomic E-state index is -1.90. The lowest BCUT2D eigenvalue weighted by Crippen LogP contribution is -2.04. The maximum atomic E-state index is 10.8. The van der Waals surface area contributed by atoms with Crippen LogP contribution >= 0.6 is 0 Å². The molecule has 0 spiro atoms. The van der Waals surface area contributed by atoms with Gasteiger partial charge >= 0.3 is 0 Å². The van der Waals surface area contributed by atoms with Gasteiger partial charge in [-0.25, -0.2) is 4.21 Å². The lowest BCUT2D eigenvalue weighted by Gasteiger charge is -2.06. The molecular formula is C14H15NO2S.